The summed E-state index contributed by atoms with van der Waals surface area (Å²) in [7, 11) is 1.38. The number of benzene rings is 2. The van der Waals surface area contributed by atoms with Gasteiger partial charge in [-0.3, -0.25) is 0 Å². The maximum absolute atomic E-state index is 11.2. The molecule has 4 rings (SSSR count). The highest BCUT2D eigenvalue weighted by Crippen LogP contribution is 2.35. The van der Waals surface area contributed by atoms with Crippen molar-refractivity contribution in [2.75, 3.05) is 7.11 Å². The monoisotopic (exact) mass is 346 g/mol. The van der Waals surface area contributed by atoms with Gasteiger partial charge in [-0.1, -0.05) is 42.5 Å². The van der Waals surface area contributed by atoms with Gasteiger partial charge in [-0.25, -0.2) is 4.79 Å². The number of ether oxygens (including phenoxy) is 1. The molecule has 0 bridgehead atoms. The fourth-order valence-electron chi connectivity index (χ4n) is 3.71. The average molecular weight is 346 g/mol. The first-order chi connectivity index (χ1) is 12.7. The molecule has 0 radical (unpaired) electrons. The molecule has 2 heterocycles. The molecule has 2 aromatic carbocycles. The Kier molecular flexibility index (Phi) is 4.35. The Morgan fingerprint density at radius 3 is 2.69 bits per heavy atom. The van der Waals surface area contributed by atoms with E-state index in [1.54, 1.807) is 6.08 Å². The van der Waals surface area contributed by atoms with Crippen molar-refractivity contribution in [1.29, 1.82) is 0 Å². The Morgan fingerprint density at radius 2 is 1.92 bits per heavy atom. The number of H-pyrrole nitrogens is 1. The largest absolute Gasteiger partial charge is 0.466 e. The summed E-state index contributed by atoms with van der Waals surface area (Å²) in [6.45, 7) is 2.23. The van der Waals surface area contributed by atoms with E-state index in [4.69, 9.17) is 0 Å². The molecule has 0 amide bonds. The van der Waals surface area contributed by atoms with E-state index < -0.39 is 0 Å². The Labute approximate surface area is 152 Å². The van der Waals surface area contributed by atoms with E-state index in [0.717, 1.165) is 12.0 Å². The zero-order chi connectivity index (χ0) is 18.1. The summed E-state index contributed by atoms with van der Waals surface area (Å²) in [5, 5.41) is 5.02. The van der Waals surface area contributed by atoms with Crippen LogP contribution in [0.4, 0.5) is 0 Å². The van der Waals surface area contributed by atoms with Crippen LogP contribution in [0, 0.1) is 0 Å². The van der Waals surface area contributed by atoms with Gasteiger partial charge < -0.3 is 15.0 Å². The van der Waals surface area contributed by atoms with E-state index in [1.807, 2.05) is 12.1 Å². The van der Waals surface area contributed by atoms with Gasteiger partial charge in [0.05, 0.1) is 13.2 Å². The van der Waals surface area contributed by atoms with E-state index in [9.17, 15) is 4.79 Å². The summed E-state index contributed by atoms with van der Waals surface area (Å²) < 4.78 is 4.63. The van der Waals surface area contributed by atoms with Gasteiger partial charge >= 0.3 is 5.97 Å². The van der Waals surface area contributed by atoms with Crippen molar-refractivity contribution in [3.8, 4) is 0 Å². The predicted molar refractivity (Wildman–Crippen MR) is 104 cm³/mol. The van der Waals surface area contributed by atoms with Gasteiger partial charge in [-0.15, -0.1) is 0 Å². The highest BCUT2D eigenvalue weighted by Gasteiger charge is 2.28. The van der Waals surface area contributed by atoms with E-state index in [2.05, 4.69) is 58.4 Å². The lowest BCUT2D eigenvalue weighted by Crippen LogP contribution is -2.37. The smallest absolute Gasteiger partial charge is 0.330 e. The zero-order valence-corrected chi connectivity index (χ0v) is 15.0. The summed E-state index contributed by atoms with van der Waals surface area (Å²) in [6.07, 6.45) is 4.22. The third-order valence-corrected chi connectivity index (χ3v) is 4.98. The summed E-state index contributed by atoms with van der Waals surface area (Å²) in [5.74, 6) is -0.348. The lowest BCUT2D eigenvalue weighted by Gasteiger charge is -2.29. The standard InChI is InChI=1S/C22H22N2O2/c1-14-13-18-17-5-3-4-6-19(17)24-22(18)21(23-14)16-10-7-15(8-11-16)9-12-20(25)26-2/h3-12,14,21,23-24H,13H2,1-2H3/b12-9+/t14-,21-/m1/s1. The number of aromatic amines is 1. The van der Waals surface area contributed by atoms with Crippen LogP contribution in [0.3, 0.4) is 0 Å². The van der Waals surface area contributed by atoms with E-state index >= 15 is 0 Å². The topological polar surface area (TPSA) is 54.1 Å². The van der Waals surface area contributed by atoms with Gasteiger partial charge in [0.25, 0.3) is 0 Å². The molecule has 0 fully saturated rings. The number of carbonyl (C=O) groups is 1. The van der Waals surface area contributed by atoms with Crippen LogP contribution in [0.25, 0.3) is 17.0 Å². The fraction of sp³-hybridized carbons (Fsp3) is 0.227. The molecular weight excluding hydrogens is 324 g/mol. The third kappa shape index (κ3) is 3.04. The molecule has 2 atom stereocenters. The molecular formula is C22H22N2O2. The van der Waals surface area contributed by atoms with Crippen LogP contribution in [0.1, 0.15) is 35.3 Å². The summed E-state index contributed by atoms with van der Waals surface area (Å²) in [6, 6.07) is 17.3. The number of aromatic nitrogens is 1. The normalized spacial score (nSPS) is 19.6. The fourth-order valence-corrected chi connectivity index (χ4v) is 3.71. The molecule has 1 aliphatic heterocycles. The minimum absolute atomic E-state index is 0.139. The lowest BCUT2D eigenvalue weighted by molar-refractivity contribution is -0.134. The van der Waals surface area contributed by atoms with Gasteiger partial charge in [-0.05, 0) is 42.2 Å². The molecule has 0 unspecified atom stereocenters. The molecule has 0 spiro atoms. The van der Waals surface area contributed by atoms with Gasteiger partial charge in [0.2, 0.25) is 0 Å². The number of para-hydroxylation sites is 1. The second-order valence-corrected chi connectivity index (χ2v) is 6.79. The highest BCUT2D eigenvalue weighted by molar-refractivity contribution is 5.87. The first kappa shape index (κ1) is 16.6. The molecule has 1 aliphatic rings. The van der Waals surface area contributed by atoms with Gasteiger partial charge in [-0.2, -0.15) is 0 Å². The van der Waals surface area contributed by atoms with Gasteiger partial charge in [0, 0.05) is 28.7 Å². The van der Waals surface area contributed by atoms with Crippen LogP contribution in [0.15, 0.2) is 54.6 Å². The van der Waals surface area contributed by atoms with Crippen LogP contribution < -0.4 is 5.32 Å². The highest BCUT2D eigenvalue weighted by atomic mass is 16.5. The zero-order valence-electron chi connectivity index (χ0n) is 15.0. The van der Waals surface area contributed by atoms with Crippen LogP contribution in [0.5, 0.6) is 0 Å². The molecule has 0 aliphatic carbocycles. The van der Waals surface area contributed by atoms with E-state index in [0.29, 0.717) is 6.04 Å². The number of methoxy groups -OCH3 is 1. The number of carbonyl (C=O) groups excluding carboxylic acids is 1. The Hall–Kier alpha value is -2.85. The van der Waals surface area contributed by atoms with Crippen LogP contribution in [-0.2, 0) is 16.0 Å². The maximum Gasteiger partial charge on any atom is 0.330 e. The SMILES string of the molecule is COC(=O)/C=C/c1ccc([C@H]2N[C@H](C)Cc3c2[nH]c2ccccc32)cc1. The first-order valence-electron chi connectivity index (χ1n) is 8.87. The first-order valence-corrected chi connectivity index (χ1v) is 8.87. The van der Waals surface area contributed by atoms with Crippen molar-refractivity contribution in [2.45, 2.75) is 25.4 Å². The molecule has 2 N–H and O–H groups in total. The second kappa shape index (κ2) is 6.81. The minimum atomic E-state index is -0.348. The number of nitrogens with one attached hydrogen (secondary N) is 2. The number of esters is 1. The van der Waals surface area contributed by atoms with Crippen LogP contribution in [0.2, 0.25) is 0 Å². The molecule has 0 saturated heterocycles. The van der Waals surface area contributed by atoms with Crippen LogP contribution in [-0.4, -0.2) is 24.1 Å². The maximum atomic E-state index is 11.2. The van der Waals surface area contributed by atoms with Crippen molar-refractivity contribution >= 4 is 22.9 Å². The summed E-state index contributed by atoms with van der Waals surface area (Å²) >= 11 is 0. The number of fused-ring (bicyclic) bond motifs is 3. The molecule has 3 aromatic rings. The van der Waals surface area contributed by atoms with Crippen LogP contribution >= 0.6 is 0 Å². The minimum Gasteiger partial charge on any atom is -0.466 e. The second-order valence-electron chi connectivity index (χ2n) is 6.79. The van der Waals surface area contributed by atoms with Crippen molar-refractivity contribution < 1.29 is 9.53 Å². The number of hydrogen-bond donors (Lipinski definition) is 2. The Morgan fingerprint density at radius 1 is 1.15 bits per heavy atom. The molecule has 132 valence electrons. The van der Waals surface area contributed by atoms with Gasteiger partial charge in [0.15, 0.2) is 0 Å². The molecule has 4 heteroatoms. The summed E-state index contributed by atoms with van der Waals surface area (Å²) in [5.41, 5.74) is 6.03. The van der Waals surface area contributed by atoms with Crippen molar-refractivity contribution in [3.63, 3.8) is 0 Å². The molecule has 0 saturated carbocycles. The average Bonchev–Trinajstić information content (AvgIpc) is 3.04. The summed E-state index contributed by atoms with van der Waals surface area (Å²) in [4.78, 5) is 14.8. The van der Waals surface area contributed by atoms with E-state index in [-0.39, 0.29) is 12.0 Å². The Bertz CT molecular complexity index is 969. The molecule has 1 aromatic heterocycles. The van der Waals surface area contributed by atoms with E-state index in [1.165, 1.54) is 40.9 Å². The molecule has 4 nitrogen and oxygen atoms in total. The third-order valence-electron chi connectivity index (χ3n) is 4.98. The van der Waals surface area contributed by atoms with Crippen molar-refractivity contribution in [3.05, 3.63) is 77.0 Å². The Balaban J connectivity index is 1.68. The predicted octanol–water partition coefficient (Wildman–Crippen LogP) is 3.98. The number of rotatable bonds is 3. The van der Waals surface area contributed by atoms with Crippen molar-refractivity contribution in [1.82, 2.24) is 10.3 Å². The van der Waals surface area contributed by atoms with Crippen molar-refractivity contribution in [2.24, 2.45) is 0 Å². The quantitative estimate of drug-likeness (QED) is 0.557. The lowest BCUT2D eigenvalue weighted by atomic mass is 9.90. The molecule has 26 heavy (non-hydrogen) atoms. The number of hydrogen-bond acceptors (Lipinski definition) is 3. The van der Waals surface area contributed by atoms with Gasteiger partial charge in [0.1, 0.15) is 0 Å².